The first-order valence-electron chi connectivity index (χ1n) is 50.2. The molecule has 9 heterocycles. The number of anilines is 9. The molecule has 6 aliphatic heterocycles. The predicted octanol–water partition coefficient (Wildman–Crippen LogP) is 20.2. The molecule has 6 aliphatic rings. The van der Waals surface area contributed by atoms with Gasteiger partial charge in [0.25, 0.3) is 0 Å². The van der Waals surface area contributed by atoms with E-state index in [0.29, 0.717) is 17.8 Å². The summed E-state index contributed by atoms with van der Waals surface area (Å²) in [6, 6.07) is 1.75. The maximum Gasteiger partial charge on any atom is 0.232 e. The van der Waals surface area contributed by atoms with E-state index in [0.717, 1.165) is 287 Å². The Hall–Kier alpha value is -5.01. The molecule has 704 valence electrons. The lowest BCUT2D eigenvalue weighted by atomic mass is 9.79. The quantitative estimate of drug-likeness (QED) is 0.0239. The van der Waals surface area contributed by atoms with Gasteiger partial charge in [0.15, 0.2) is 0 Å². The van der Waals surface area contributed by atoms with Crippen LogP contribution in [0.25, 0.3) is 0 Å². The van der Waals surface area contributed by atoms with E-state index < -0.39 is 0 Å². The Labute approximate surface area is 752 Å². The SMILES string of the molecule is CCCCN(c1nc(NCCCCCC(CCCCC(C)Nc2nc(N(CCCC)C3CC(C)(C)NC(C)(C)C3)nc(N(CCCC)C3CC(C)(C)NC(C)(C)C3)n2)Nc2nc(N(CCCC)C3CC(C)(C)NC(C)(C)C3)nc(N(CCCC)C3CC(C)(C)NC(C)(C)C3)n2)nc(N(CCCC)C2CC(C)(C)NC(C)(C)C2)n1)C1CC(C)(C)NC(C)(C)C1. The van der Waals surface area contributed by atoms with Crippen LogP contribution in [-0.2, 0) is 0 Å². The van der Waals surface area contributed by atoms with Gasteiger partial charge in [0.2, 0.25) is 53.5 Å². The van der Waals surface area contributed by atoms with Crippen molar-refractivity contribution >= 4 is 53.5 Å². The van der Waals surface area contributed by atoms with Crippen molar-refractivity contribution in [1.82, 2.24) is 76.8 Å². The second-order valence-electron chi connectivity index (χ2n) is 47.7. The number of unbranched alkanes of at least 4 members (excludes halogenated alkanes) is 9. The van der Waals surface area contributed by atoms with Gasteiger partial charge in [0, 0.05) is 161 Å². The Morgan fingerprint density at radius 1 is 0.252 bits per heavy atom. The van der Waals surface area contributed by atoms with Crippen LogP contribution in [0.2, 0.25) is 0 Å². The van der Waals surface area contributed by atoms with Crippen molar-refractivity contribution < 1.29 is 0 Å². The minimum Gasteiger partial charge on any atom is -0.354 e. The van der Waals surface area contributed by atoms with Crippen LogP contribution in [0.3, 0.4) is 0 Å². The van der Waals surface area contributed by atoms with E-state index in [2.05, 4.69) is 292 Å². The molecule has 9 rings (SSSR count). The third-order valence-corrected chi connectivity index (χ3v) is 27.2. The number of piperidine rings is 6. The van der Waals surface area contributed by atoms with Gasteiger partial charge >= 0.3 is 0 Å². The molecular formula is C99H188N24. The van der Waals surface area contributed by atoms with E-state index in [-0.39, 0.29) is 115 Å². The third kappa shape index (κ3) is 31.1. The molecular weight excluding hydrogens is 1530 g/mol. The van der Waals surface area contributed by atoms with Crippen molar-refractivity contribution in [3.8, 4) is 0 Å². The van der Waals surface area contributed by atoms with Gasteiger partial charge in [-0.05, 0) is 314 Å². The van der Waals surface area contributed by atoms with Crippen molar-refractivity contribution in [2.24, 2.45) is 0 Å². The highest BCUT2D eigenvalue weighted by molar-refractivity contribution is 5.51. The minimum atomic E-state index is -0.0705. The highest BCUT2D eigenvalue weighted by Gasteiger charge is 2.49. The van der Waals surface area contributed by atoms with Crippen LogP contribution in [0.4, 0.5) is 53.5 Å². The number of nitrogens with one attached hydrogen (secondary N) is 9. The van der Waals surface area contributed by atoms with E-state index in [4.69, 9.17) is 44.9 Å². The topological polar surface area (TPSA) is 244 Å². The lowest BCUT2D eigenvalue weighted by Gasteiger charge is -2.50. The van der Waals surface area contributed by atoms with Crippen LogP contribution in [-0.4, -0.2) is 205 Å². The molecule has 0 aromatic carbocycles. The standard InChI is InChI=1S/C99H188N24/c1-32-38-53-118(73-59-88(8,9)112-89(10,11)60-73)82-103-79(104-83(109-82)119(54-39-33-2)74-61-90(12,13)113-91(14,15)62-74)100-52-48-44-45-50-72(102-81-107-86(122(57-42-36-5)77-67-96(24,25)116-97(26,27)68-77)111-87(108-81)123(58-43-37-6)78-69-98(28,29)117-99(30,31)70-78)51-47-46-49-71(7)101-80-105-84(120(55-40-34-3)75-63-92(16,17)114-93(18,19)64-75)110-85(106-80)121(56-41-35-4)76-65-94(20,21)115-95(22,23)66-76/h71-78,112-117H,32-70H2,1-31H3,(H,100,103,104,109)(H,101,105,106,110)(H,102,107,108,111). The molecule has 24 heteroatoms. The van der Waals surface area contributed by atoms with Gasteiger partial charge in [-0.15, -0.1) is 0 Å². The Morgan fingerprint density at radius 3 is 0.667 bits per heavy atom. The predicted molar refractivity (Wildman–Crippen MR) is 525 cm³/mol. The number of aromatic nitrogens is 9. The Balaban J connectivity index is 1.06. The fraction of sp³-hybridized carbons (Fsp3) is 0.909. The van der Waals surface area contributed by atoms with E-state index in [9.17, 15) is 0 Å². The van der Waals surface area contributed by atoms with Crippen molar-refractivity contribution in [3.05, 3.63) is 0 Å². The maximum absolute atomic E-state index is 5.78. The average molecular weight is 1710 g/mol. The van der Waals surface area contributed by atoms with Crippen LogP contribution >= 0.6 is 0 Å². The zero-order valence-corrected chi connectivity index (χ0v) is 84.9. The molecule has 3 aromatic rings. The number of nitrogens with zero attached hydrogens (tertiary/aromatic N) is 15. The molecule has 0 spiro atoms. The molecule has 0 amide bonds. The second-order valence-corrected chi connectivity index (χ2v) is 47.7. The highest BCUT2D eigenvalue weighted by Crippen LogP contribution is 2.43. The maximum atomic E-state index is 5.78. The first-order valence-corrected chi connectivity index (χ1v) is 50.2. The van der Waals surface area contributed by atoms with Gasteiger partial charge in [-0.3, -0.25) is 0 Å². The van der Waals surface area contributed by atoms with Gasteiger partial charge < -0.3 is 77.3 Å². The molecule has 0 saturated carbocycles. The van der Waals surface area contributed by atoms with E-state index in [1.54, 1.807) is 0 Å². The van der Waals surface area contributed by atoms with Crippen LogP contribution < -0.4 is 77.3 Å². The molecule has 9 N–H and O–H groups in total. The highest BCUT2D eigenvalue weighted by atomic mass is 15.4. The summed E-state index contributed by atoms with van der Waals surface area (Å²) >= 11 is 0. The Morgan fingerprint density at radius 2 is 0.447 bits per heavy atom. The third-order valence-electron chi connectivity index (χ3n) is 27.2. The van der Waals surface area contributed by atoms with Crippen molar-refractivity contribution in [3.63, 3.8) is 0 Å². The molecule has 0 radical (unpaired) electrons. The van der Waals surface area contributed by atoms with Crippen LogP contribution in [0.1, 0.15) is 420 Å². The largest absolute Gasteiger partial charge is 0.354 e. The summed E-state index contributed by atoms with van der Waals surface area (Å²) in [6.45, 7) is 79.3. The molecule has 2 unspecified atom stereocenters. The van der Waals surface area contributed by atoms with Crippen molar-refractivity contribution in [2.45, 2.75) is 535 Å². The fourth-order valence-electron chi connectivity index (χ4n) is 24.1. The van der Waals surface area contributed by atoms with Gasteiger partial charge in [-0.1, -0.05) is 106 Å². The van der Waals surface area contributed by atoms with Crippen molar-refractivity contribution in [2.75, 3.05) is 91.2 Å². The molecule has 0 aliphatic carbocycles. The van der Waals surface area contributed by atoms with E-state index >= 15 is 0 Å². The smallest absolute Gasteiger partial charge is 0.232 e. The Bertz CT molecular complexity index is 3410. The zero-order valence-electron chi connectivity index (χ0n) is 84.9. The minimum absolute atomic E-state index is 0.0454. The fourth-order valence-corrected chi connectivity index (χ4v) is 24.1. The number of hydrogen-bond donors (Lipinski definition) is 9. The first-order chi connectivity index (χ1) is 57.3. The van der Waals surface area contributed by atoms with E-state index in [1.807, 2.05) is 0 Å². The lowest BCUT2D eigenvalue weighted by Crippen LogP contribution is -2.63. The Kier molecular flexibility index (Phi) is 35.0. The summed E-state index contributed by atoms with van der Waals surface area (Å²) in [5.74, 6) is 6.93. The zero-order chi connectivity index (χ0) is 90.6. The molecule has 0 bridgehead atoms. The van der Waals surface area contributed by atoms with Crippen LogP contribution in [0, 0.1) is 0 Å². The summed E-state index contributed by atoms with van der Waals surface area (Å²) in [6.07, 6.45) is 33.0. The van der Waals surface area contributed by atoms with Crippen LogP contribution in [0.15, 0.2) is 0 Å². The molecule has 3 aromatic heterocycles. The average Bonchev–Trinajstić information content (AvgIpc) is 0.779. The molecule has 2 atom stereocenters. The monoisotopic (exact) mass is 1710 g/mol. The first kappa shape index (κ1) is 102. The lowest BCUT2D eigenvalue weighted by molar-refractivity contribution is 0.156. The number of rotatable bonds is 46. The second kappa shape index (κ2) is 42.3. The van der Waals surface area contributed by atoms with Gasteiger partial charge in [0.1, 0.15) is 0 Å². The molecule has 123 heavy (non-hydrogen) atoms. The summed E-state index contributed by atoms with van der Waals surface area (Å²) in [7, 11) is 0. The van der Waals surface area contributed by atoms with E-state index in [1.165, 1.54) is 0 Å². The van der Waals surface area contributed by atoms with Gasteiger partial charge in [-0.2, -0.15) is 44.9 Å². The summed E-state index contributed by atoms with van der Waals surface area (Å²) in [5.41, 5.74) is -0.662. The number of hydrogen-bond acceptors (Lipinski definition) is 24. The summed E-state index contributed by atoms with van der Waals surface area (Å²) in [4.78, 5) is 66.2. The molecule has 6 saturated heterocycles. The van der Waals surface area contributed by atoms with Crippen molar-refractivity contribution in [1.29, 1.82) is 0 Å². The normalized spacial score (nSPS) is 22.8. The van der Waals surface area contributed by atoms with Gasteiger partial charge in [-0.25, -0.2) is 0 Å². The summed E-state index contributed by atoms with van der Waals surface area (Å²) in [5, 5.41) is 36.1. The molecule has 6 fully saturated rings. The van der Waals surface area contributed by atoms with Crippen LogP contribution in [0.5, 0.6) is 0 Å². The van der Waals surface area contributed by atoms with Gasteiger partial charge in [0.05, 0.1) is 0 Å². The summed E-state index contributed by atoms with van der Waals surface area (Å²) < 4.78 is 0. The molecule has 24 nitrogen and oxygen atoms in total.